The summed E-state index contributed by atoms with van der Waals surface area (Å²) in [6.07, 6.45) is 0. The summed E-state index contributed by atoms with van der Waals surface area (Å²) in [5.74, 6) is 0.329. The van der Waals surface area contributed by atoms with Gasteiger partial charge in [0.2, 0.25) is 0 Å². The van der Waals surface area contributed by atoms with E-state index in [1.165, 1.54) is 6.07 Å². The van der Waals surface area contributed by atoms with Crippen molar-refractivity contribution in [2.24, 2.45) is 0 Å². The lowest BCUT2D eigenvalue weighted by Gasteiger charge is -2.04. The summed E-state index contributed by atoms with van der Waals surface area (Å²) in [6.45, 7) is 2.35. The van der Waals surface area contributed by atoms with Gasteiger partial charge in [0, 0.05) is 5.38 Å². The maximum atomic E-state index is 13.0. The highest BCUT2D eigenvalue weighted by Gasteiger charge is 2.03. The topological polar surface area (TPSA) is 22.1 Å². The molecule has 0 radical (unpaired) electrons. The van der Waals surface area contributed by atoms with E-state index in [9.17, 15) is 4.39 Å². The Labute approximate surface area is 105 Å². The Morgan fingerprint density at radius 3 is 2.94 bits per heavy atom. The molecule has 1 aromatic carbocycles. The number of aromatic nitrogens is 1. The normalized spacial score (nSPS) is 10.4. The SMILES string of the molecule is Cc1nc(COc2ccc(F)c(Br)c2)cs1. The van der Waals surface area contributed by atoms with Crippen molar-refractivity contribution in [1.29, 1.82) is 0 Å². The van der Waals surface area contributed by atoms with E-state index in [-0.39, 0.29) is 5.82 Å². The van der Waals surface area contributed by atoms with Crippen molar-refractivity contribution >= 4 is 27.3 Å². The Hall–Kier alpha value is -0.940. The Morgan fingerprint density at radius 2 is 2.31 bits per heavy atom. The van der Waals surface area contributed by atoms with Crippen LogP contribution < -0.4 is 4.74 Å². The van der Waals surface area contributed by atoms with Crippen molar-refractivity contribution in [2.45, 2.75) is 13.5 Å². The van der Waals surface area contributed by atoms with Crippen LogP contribution >= 0.6 is 27.3 Å². The van der Waals surface area contributed by atoms with Crippen LogP contribution in [0, 0.1) is 12.7 Å². The van der Waals surface area contributed by atoms with Gasteiger partial charge < -0.3 is 4.74 Å². The minimum absolute atomic E-state index is 0.295. The van der Waals surface area contributed by atoms with Crippen molar-refractivity contribution in [1.82, 2.24) is 4.98 Å². The van der Waals surface area contributed by atoms with Gasteiger partial charge in [-0.1, -0.05) is 0 Å². The number of benzene rings is 1. The molecule has 0 aliphatic heterocycles. The standard InChI is InChI=1S/C11H9BrFNOS/c1-7-14-8(6-16-7)5-15-9-2-3-11(13)10(12)4-9/h2-4,6H,5H2,1H3. The summed E-state index contributed by atoms with van der Waals surface area (Å²) in [7, 11) is 0. The predicted molar refractivity (Wildman–Crippen MR) is 65.3 cm³/mol. The first-order chi connectivity index (χ1) is 7.65. The summed E-state index contributed by atoms with van der Waals surface area (Å²) in [4.78, 5) is 4.27. The van der Waals surface area contributed by atoms with Crippen LogP contribution in [0.1, 0.15) is 10.7 Å². The number of aryl methyl sites for hydroxylation is 1. The van der Waals surface area contributed by atoms with E-state index in [0.29, 0.717) is 16.8 Å². The van der Waals surface area contributed by atoms with Crippen molar-refractivity contribution in [3.8, 4) is 5.75 Å². The fraction of sp³-hybridized carbons (Fsp3) is 0.182. The van der Waals surface area contributed by atoms with E-state index < -0.39 is 0 Å². The average molecular weight is 302 g/mol. The van der Waals surface area contributed by atoms with Crippen LogP contribution in [0.25, 0.3) is 0 Å². The predicted octanol–water partition coefficient (Wildman–Crippen LogP) is 3.93. The molecule has 84 valence electrons. The smallest absolute Gasteiger partial charge is 0.137 e. The first-order valence-corrected chi connectivity index (χ1v) is 6.31. The largest absolute Gasteiger partial charge is 0.487 e. The first kappa shape index (κ1) is 11.5. The summed E-state index contributed by atoms with van der Waals surface area (Å²) < 4.78 is 18.8. The zero-order valence-electron chi connectivity index (χ0n) is 8.54. The van der Waals surface area contributed by atoms with E-state index in [1.54, 1.807) is 23.5 Å². The molecule has 0 N–H and O–H groups in total. The molecule has 0 unspecified atom stereocenters. The van der Waals surface area contributed by atoms with Gasteiger partial charge in [-0.25, -0.2) is 9.37 Å². The number of hydrogen-bond acceptors (Lipinski definition) is 3. The van der Waals surface area contributed by atoms with Crippen molar-refractivity contribution in [2.75, 3.05) is 0 Å². The summed E-state index contributed by atoms with van der Waals surface area (Å²) in [5, 5.41) is 2.97. The quantitative estimate of drug-likeness (QED) is 0.857. The second-order valence-electron chi connectivity index (χ2n) is 3.22. The number of hydrogen-bond donors (Lipinski definition) is 0. The number of halogens is 2. The lowest BCUT2D eigenvalue weighted by atomic mass is 10.3. The molecule has 0 aliphatic carbocycles. The number of ether oxygens (including phenoxy) is 1. The highest BCUT2D eigenvalue weighted by Crippen LogP contribution is 2.22. The third kappa shape index (κ3) is 2.80. The van der Waals surface area contributed by atoms with E-state index in [1.807, 2.05) is 12.3 Å². The number of nitrogens with zero attached hydrogens (tertiary/aromatic N) is 1. The van der Waals surface area contributed by atoms with Gasteiger partial charge in [-0.05, 0) is 41.1 Å². The van der Waals surface area contributed by atoms with E-state index >= 15 is 0 Å². The molecule has 2 rings (SSSR count). The van der Waals surface area contributed by atoms with E-state index in [4.69, 9.17) is 4.74 Å². The average Bonchev–Trinajstić information content (AvgIpc) is 2.66. The molecule has 0 saturated heterocycles. The number of rotatable bonds is 3. The first-order valence-electron chi connectivity index (χ1n) is 4.64. The highest BCUT2D eigenvalue weighted by atomic mass is 79.9. The second kappa shape index (κ2) is 4.93. The number of thiazole rings is 1. The molecule has 0 spiro atoms. The molecule has 1 aromatic heterocycles. The maximum absolute atomic E-state index is 13.0. The molecule has 2 aromatic rings. The molecular formula is C11H9BrFNOS. The van der Waals surface area contributed by atoms with Crippen molar-refractivity contribution < 1.29 is 9.13 Å². The summed E-state index contributed by atoms with van der Waals surface area (Å²) >= 11 is 4.69. The van der Waals surface area contributed by atoms with Crippen molar-refractivity contribution in [3.05, 3.63) is 44.6 Å². The van der Waals surface area contributed by atoms with Crippen LogP contribution in [0.4, 0.5) is 4.39 Å². The fourth-order valence-electron chi connectivity index (χ4n) is 1.20. The molecule has 0 bridgehead atoms. The Kier molecular flexibility index (Phi) is 3.56. The van der Waals surface area contributed by atoms with Crippen molar-refractivity contribution in [3.63, 3.8) is 0 Å². The lowest BCUT2D eigenvalue weighted by molar-refractivity contribution is 0.301. The zero-order valence-corrected chi connectivity index (χ0v) is 10.9. The van der Waals surface area contributed by atoms with Gasteiger partial charge in [0.1, 0.15) is 18.2 Å². The highest BCUT2D eigenvalue weighted by molar-refractivity contribution is 9.10. The molecule has 0 atom stereocenters. The van der Waals surface area contributed by atoms with Gasteiger partial charge in [0.25, 0.3) is 0 Å². The molecule has 0 amide bonds. The second-order valence-corrected chi connectivity index (χ2v) is 5.14. The van der Waals surface area contributed by atoms with Crippen LogP contribution in [0.5, 0.6) is 5.75 Å². The molecule has 0 saturated carbocycles. The minimum Gasteiger partial charge on any atom is -0.487 e. The van der Waals surface area contributed by atoms with Crippen LogP contribution in [-0.2, 0) is 6.61 Å². The van der Waals surface area contributed by atoms with Crippen LogP contribution in [0.3, 0.4) is 0 Å². The molecule has 16 heavy (non-hydrogen) atoms. The Balaban J connectivity index is 2.02. The zero-order chi connectivity index (χ0) is 11.5. The van der Waals surface area contributed by atoms with Gasteiger partial charge in [-0.15, -0.1) is 11.3 Å². The molecule has 0 fully saturated rings. The van der Waals surface area contributed by atoms with Crippen LogP contribution in [0.15, 0.2) is 28.1 Å². The molecular weight excluding hydrogens is 293 g/mol. The van der Waals surface area contributed by atoms with Crippen LogP contribution in [-0.4, -0.2) is 4.98 Å². The van der Waals surface area contributed by atoms with Gasteiger partial charge in [-0.2, -0.15) is 0 Å². The van der Waals surface area contributed by atoms with Crippen LogP contribution in [0.2, 0.25) is 0 Å². The lowest BCUT2D eigenvalue weighted by Crippen LogP contribution is -1.96. The third-order valence-electron chi connectivity index (χ3n) is 1.94. The van der Waals surface area contributed by atoms with Gasteiger partial charge in [-0.3, -0.25) is 0 Å². The summed E-state index contributed by atoms with van der Waals surface area (Å²) in [5.41, 5.74) is 0.892. The monoisotopic (exact) mass is 301 g/mol. The minimum atomic E-state index is -0.295. The molecule has 5 heteroatoms. The molecule has 1 heterocycles. The molecule has 0 aliphatic rings. The maximum Gasteiger partial charge on any atom is 0.137 e. The van der Waals surface area contributed by atoms with Gasteiger partial charge >= 0.3 is 0 Å². The Bertz CT molecular complexity index is 500. The van der Waals surface area contributed by atoms with Gasteiger partial charge in [0.05, 0.1) is 15.2 Å². The van der Waals surface area contributed by atoms with Gasteiger partial charge in [0.15, 0.2) is 0 Å². The van der Waals surface area contributed by atoms with E-state index in [2.05, 4.69) is 20.9 Å². The Morgan fingerprint density at radius 1 is 1.50 bits per heavy atom. The molecule has 2 nitrogen and oxygen atoms in total. The fourth-order valence-corrected chi connectivity index (χ4v) is 2.15. The third-order valence-corrected chi connectivity index (χ3v) is 3.37. The summed E-state index contributed by atoms with van der Waals surface area (Å²) in [6, 6.07) is 4.57. The van der Waals surface area contributed by atoms with E-state index in [0.717, 1.165) is 10.7 Å².